The number of hydrogen-bond donors (Lipinski definition) is 4. The number of esters is 1. The Hall–Kier alpha value is -3.57. The number of imidazole rings is 1. The number of aromatic nitrogens is 4. The Kier molecular flexibility index (Phi) is 8.22. The molecular formula is C24H29N6O8P. The highest BCUT2D eigenvalue weighted by molar-refractivity contribution is 7.52. The molecule has 0 saturated carbocycles. The van der Waals surface area contributed by atoms with E-state index in [-0.39, 0.29) is 17.3 Å². The Morgan fingerprint density at radius 1 is 1.33 bits per heavy atom. The average Bonchev–Trinajstić information content (AvgIpc) is 3.41. The van der Waals surface area contributed by atoms with Gasteiger partial charge in [0, 0.05) is 0 Å². The molecule has 3 heterocycles. The molecule has 2 aromatic heterocycles. The lowest BCUT2D eigenvalue weighted by molar-refractivity contribution is -0.149. The number of aliphatic hydroxyl groups is 2. The molecule has 6 atom stereocenters. The Morgan fingerprint density at radius 2 is 2.05 bits per heavy atom. The van der Waals surface area contributed by atoms with Crippen molar-refractivity contribution in [1.29, 1.82) is 0 Å². The summed E-state index contributed by atoms with van der Waals surface area (Å²) in [7, 11) is -4.28. The summed E-state index contributed by atoms with van der Waals surface area (Å²) in [6.45, 7) is 4.22. The average molecular weight is 561 g/mol. The summed E-state index contributed by atoms with van der Waals surface area (Å²) >= 11 is 0. The number of ether oxygens (including phenoxy) is 2. The van der Waals surface area contributed by atoms with Gasteiger partial charge < -0.3 is 29.9 Å². The lowest BCUT2D eigenvalue weighted by Gasteiger charge is -2.26. The topological polar surface area (TPSA) is 193 Å². The van der Waals surface area contributed by atoms with Crippen molar-refractivity contribution < 1.29 is 38.1 Å². The van der Waals surface area contributed by atoms with Crippen LogP contribution in [0.3, 0.4) is 0 Å². The number of fused-ring (bicyclic) bond motifs is 1. The second kappa shape index (κ2) is 11.3. The van der Waals surface area contributed by atoms with Gasteiger partial charge in [-0.2, -0.15) is 10.1 Å². The normalized spacial score (nSPS) is 25.2. The standard InChI is InChI=1S/C24H29N6O8P/c1-5-24(33)19(31)18(37-22(24)30-13-27-17-11-26-23(25)28-20(17)30)12-35-39(34,38-16-9-7-6-8-10-16)29-15(4)21(32)36-14(2)3/h1,6-11,13-15,18-19,22,31,33H,12H2,2-4H3,(H,29,34)(H2,25,26,28)/t15?,18-,19?,22-,24-,39?/m1/s1. The molecule has 0 amide bonds. The predicted octanol–water partition coefficient (Wildman–Crippen LogP) is 1.16. The molecule has 14 nitrogen and oxygen atoms in total. The molecule has 5 N–H and O–H groups in total. The number of hydrogen-bond acceptors (Lipinski definition) is 12. The first kappa shape index (κ1) is 28.4. The Bertz CT molecular complexity index is 1410. The summed E-state index contributed by atoms with van der Waals surface area (Å²) in [4.78, 5) is 24.5. The second-order valence-electron chi connectivity index (χ2n) is 9.06. The summed E-state index contributed by atoms with van der Waals surface area (Å²) < 4.78 is 37.3. The van der Waals surface area contributed by atoms with Gasteiger partial charge in [-0.25, -0.2) is 14.5 Å². The van der Waals surface area contributed by atoms with Crippen molar-refractivity contribution in [3.63, 3.8) is 0 Å². The van der Waals surface area contributed by atoms with Gasteiger partial charge in [-0.05, 0) is 32.9 Å². The first-order valence-electron chi connectivity index (χ1n) is 11.9. The summed E-state index contributed by atoms with van der Waals surface area (Å²) in [6.07, 6.45) is 3.52. The Balaban J connectivity index is 1.57. The largest absolute Gasteiger partial charge is 0.462 e. The van der Waals surface area contributed by atoms with Crippen LogP contribution in [0.5, 0.6) is 5.75 Å². The maximum absolute atomic E-state index is 13.8. The van der Waals surface area contributed by atoms with E-state index in [0.717, 1.165) is 0 Å². The first-order chi connectivity index (χ1) is 18.5. The summed E-state index contributed by atoms with van der Waals surface area (Å²) in [5.41, 5.74) is 3.98. The van der Waals surface area contributed by atoms with E-state index in [1.54, 1.807) is 44.2 Å². The molecule has 1 aromatic carbocycles. The van der Waals surface area contributed by atoms with Crippen molar-refractivity contribution in [2.24, 2.45) is 0 Å². The highest BCUT2D eigenvalue weighted by Gasteiger charge is 2.56. The number of aliphatic hydroxyl groups excluding tert-OH is 1. The smallest absolute Gasteiger partial charge is 0.459 e. The van der Waals surface area contributed by atoms with Crippen LogP contribution in [0.25, 0.3) is 11.2 Å². The van der Waals surface area contributed by atoms with E-state index in [4.69, 9.17) is 30.7 Å². The number of nitrogen functional groups attached to an aromatic ring is 1. The number of nitrogens with two attached hydrogens (primary N) is 1. The van der Waals surface area contributed by atoms with E-state index in [2.05, 4.69) is 26.0 Å². The van der Waals surface area contributed by atoms with Crippen molar-refractivity contribution >= 4 is 30.8 Å². The monoisotopic (exact) mass is 560 g/mol. The first-order valence-corrected chi connectivity index (χ1v) is 13.5. The molecule has 15 heteroatoms. The number of nitrogens with zero attached hydrogens (tertiary/aromatic N) is 4. The number of benzene rings is 1. The molecule has 0 radical (unpaired) electrons. The van der Waals surface area contributed by atoms with Gasteiger partial charge >= 0.3 is 13.7 Å². The fourth-order valence-electron chi connectivity index (χ4n) is 3.86. The van der Waals surface area contributed by atoms with Crippen LogP contribution in [0.15, 0.2) is 42.9 Å². The van der Waals surface area contributed by atoms with Crippen LogP contribution in [0.2, 0.25) is 0 Å². The van der Waals surface area contributed by atoms with Gasteiger partial charge in [0.2, 0.25) is 5.95 Å². The Morgan fingerprint density at radius 3 is 2.72 bits per heavy atom. The van der Waals surface area contributed by atoms with Crippen molar-refractivity contribution in [2.75, 3.05) is 12.3 Å². The third-order valence-corrected chi connectivity index (χ3v) is 7.38. The lowest BCUT2D eigenvalue weighted by atomic mass is 9.95. The minimum atomic E-state index is -4.28. The quantitative estimate of drug-likeness (QED) is 0.157. The number of rotatable bonds is 10. The number of para-hydroxylation sites is 1. The van der Waals surface area contributed by atoms with E-state index < -0.39 is 56.5 Å². The minimum absolute atomic E-state index is 0.0536. The van der Waals surface area contributed by atoms with Gasteiger partial charge in [-0.15, -0.1) is 6.42 Å². The molecule has 4 rings (SSSR count). The number of carbonyl (C=O) groups is 1. The highest BCUT2D eigenvalue weighted by atomic mass is 31.2. The van der Waals surface area contributed by atoms with Crippen molar-refractivity contribution in [3.05, 3.63) is 42.9 Å². The van der Waals surface area contributed by atoms with Crippen molar-refractivity contribution in [3.8, 4) is 18.1 Å². The number of carbonyl (C=O) groups excluding carboxylic acids is 1. The molecule has 1 fully saturated rings. The maximum Gasteiger partial charge on any atom is 0.459 e. The third kappa shape index (κ3) is 6.04. The molecule has 1 saturated heterocycles. The van der Waals surface area contributed by atoms with Gasteiger partial charge in [0.1, 0.15) is 29.5 Å². The van der Waals surface area contributed by atoms with E-state index in [9.17, 15) is 19.6 Å². The molecule has 0 aliphatic carbocycles. The van der Waals surface area contributed by atoms with Crippen LogP contribution in [-0.2, 0) is 23.4 Å². The minimum Gasteiger partial charge on any atom is -0.462 e. The fourth-order valence-corrected chi connectivity index (χ4v) is 5.36. The maximum atomic E-state index is 13.8. The zero-order valence-corrected chi connectivity index (χ0v) is 22.3. The fraction of sp³-hybridized carbons (Fsp3) is 0.417. The molecular weight excluding hydrogens is 531 g/mol. The highest BCUT2D eigenvalue weighted by Crippen LogP contribution is 2.47. The molecule has 3 unspecified atom stereocenters. The molecule has 1 aliphatic heterocycles. The van der Waals surface area contributed by atoms with Crippen molar-refractivity contribution in [1.82, 2.24) is 24.6 Å². The van der Waals surface area contributed by atoms with Crippen LogP contribution < -0.4 is 15.3 Å². The van der Waals surface area contributed by atoms with Gasteiger partial charge in [0.05, 0.1) is 25.2 Å². The molecule has 1 aliphatic rings. The second-order valence-corrected chi connectivity index (χ2v) is 10.8. The number of terminal acetylenes is 1. The molecule has 0 bridgehead atoms. The van der Waals surface area contributed by atoms with E-state index >= 15 is 0 Å². The van der Waals surface area contributed by atoms with E-state index in [1.807, 2.05) is 0 Å². The third-order valence-electron chi connectivity index (χ3n) is 5.74. The number of anilines is 1. The molecule has 39 heavy (non-hydrogen) atoms. The zero-order valence-electron chi connectivity index (χ0n) is 21.4. The van der Waals surface area contributed by atoms with Gasteiger partial charge in [-0.3, -0.25) is 13.9 Å². The molecule has 3 aromatic rings. The molecule has 0 spiro atoms. The Labute approximate surface area is 224 Å². The van der Waals surface area contributed by atoms with Crippen LogP contribution in [0.4, 0.5) is 5.95 Å². The summed E-state index contributed by atoms with van der Waals surface area (Å²) in [6, 6.07) is 7.04. The predicted molar refractivity (Wildman–Crippen MR) is 138 cm³/mol. The zero-order chi connectivity index (χ0) is 28.4. The summed E-state index contributed by atoms with van der Waals surface area (Å²) in [5, 5.41) is 24.7. The van der Waals surface area contributed by atoms with Crippen LogP contribution >= 0.6 is 7.75 Å². The lowest BCUT2D eigenvalue weighted by Crippen LogP contribution is -2.46. The van der Waals surface area contributed by atoms with E-state index in [1.165, 1.54) is 24.0 Å². The van der Waals surface area contributed by atoms with Crippen LogP contribution in [0.1, 0.15) is 27.0 Å². The van der Waals surface area contributed by atoms with Gasteiger partial charge in [-0.1, -0.05) is 24.1 Å². The summed E-state index contributed by atoms with van der Waals surface area (Å²) in [5.74, 6) is 1.61. The van der Waals surface area contributed by atoms with Gasteiger partial charge in [0.25, 0.3) is 0 Å². The molecule has 208 valence electrons. The van der Waals surface area contributed by atoms with Crippen molar-refractivity contribution in [2.45, 2.75) is 57.0 Å². The number of nitrogens with one attached hydrogen (secondary N) is 1. The SMILES string of the molecule is C#C[C@@]1(O)C(O)[C@@H](COP(=O)(NC(C)C(=O)OC(C)C)Oc2ccccc2)O[C@H]1n1cnc2cnc(N)nc21. The van der Waals surface area contributed by atoms with Crippen LogP contribution in [0, 0.1) is 12.3 Å². The van der Waals surface area contributed by atoms with Crippen LogP contribution in [-0.4, -0.2) is 72.3 Å². The van der Waals surface area contributed by atoms with E-state index in [0.29, 0.717) is 5.52 Å². The van der Waals surface area contributed by atoms with Gasteiger partial charge in [0.15, 0.2) is 17.5 Å².